The maximum Gasteiger partial charge on any atom is 0.129 e. The summed E-state index contributed by atoms with van der Waals surface area (Å²) in [6, 6.07) is 4.23. The first-order chi connectivity index (χ1) is 8.67. The van der Waals surface area contributed by atoms with Gasteiger partial charge in [0.2, 0.25) is 0 Å². The first-order valence-corrected chi connectivity index (χ1v) is 6.72. The fourth-order valence-corrected chi connectivity index (χ4v) is 1.83. The molecule has 0 unspecified atom stereocenters. The number of pyridine rings is 1. The number of hydrogen-bond acceptors (Lipinski definition) is 3. The fourth-order valence-electron chi connectivity index (χ4n) is 1.83. The maximum absolute atomic E-state index is 4.45. The summed E-state index contributed by atoms with van der Waals surface area (Å²) in [7, 11) is 0. The summed E-state index contributed by atoms with van der Waals surface area (Å²) >= 11 is 0. The Bertz CT molecular complexity index is 374. The van der Waals surface area contributed by atoms with E-state index in [0.29, 0.717) is 0 Å². The molecule has 0 spiro atoms. The predicted octanol–water partition coefficient (Wildman–Crippen LogP) is 2.98. The van der Waals surface area contributed by atoms with Gasteiger partial charge in [-0.1, -0.05) is 19.1 Å². The smallest absolute Gasteiger partial charge is 0.129 e. The molecule has 0 aliphatic carbocycles. The van der Waals surface area contributed by atoms with E-state index in [2.05, 4.69) is 54.7 Å². The summed E-state index contributed by atoms with van der Waals surface area (Å²) < 4.78 is 0. The molecule has 0 aliphatic rings. The molecule has 0 aromatic carbocycles. The second-order valence-corrected chi connectivity index (χ2v) is 4.67. The zero-order valence-corrected chi connectivity index (χ0v) is 11.9. The summed E-state index contributed by atoms with van der Waals surface area (Å²) in [5.41, 5.74) is 2.45. The fraction of sp³-hybridized carbons (Fsp3) is 0.533. The average Bonchev–Trinajstić information content (AvgIpc) is 2.36. The van der Waals surface area contributed by atoms with E-state index in [-0.39, 0.29) is 0 Å². The molecule has 0 atom stereocenters. The van der Waals surface area contributed by atoms with Crippen molar-refractivity contribution in [1.29, 1.82) is 0 Å². The van der Waals surface area contributed by atoms with Gasteiger partial charge in [0.1, 0.15) is 5.82 Å². The van der Waals surface area contributed by atoms with Gasteiger partial charge >= 0.3 is 0 Å². The van der Waals surface area contributed by atoms with Crippen molar-refractivity contribution >= 4 is 5.82 Å². The van der Waals surface area contributed by atoms with Crippen LogP contribution in [0.2, 0.25) is 0 Å². The van der Waals surface area contributed by atoms with Crippen molar-refractivity contribution in [1.82, 2.24) is 10.3 Å². The van der Waals surface area contributed by atoms with Crippen molar-refractivity contribution in [2.75, 3.05) is 24.5 Å². The Morgan fingerprint density at radius 3 is 2.83 bits per heavy atom. The molecule has 0 amide bonds. The molecule has 0 saturated carbocycles. The van der Waals surface area contributed by atoms with E-state index in [1.54, 1.807) is 0 Å². The van der Waals surface area contributed by atoms with Gasteiger partial charge < -0.3 is 10.2 Å². The predicted molar refractivity (Wildman–Crippen MR) is 78.9 cm³/mol. The minimum atomic E-state index is 0.870. The van der Waals surface area contributed by atoms with Crippen LogP contribution in [0.1, 0.15) is 32.8 Å². The molecule has 1 aromatic rings. The SMILES string of the molecule is C=C(C)CN(CC)c1cc(CNCCC)ccn1. The summed E-state index contributed by atoms with van der Waals surface area (Å²) in [4.78, 5) is 6.69. The van der Waals surface area contributed by atoms with Gasteiger partial charge in [-0.2, -0.15) is 0 Å². The molecule has 1 N–H and O–H groups in total. The van der Waals surface area contributed by atoms with Crippen LogP contribution in [0.15, 0.2) is 30.5 Å². The first-order valence-electron chi connectivity index (χ1n) is 6.72. The van der Waals surface area contributed by atoms with E-state index < -0.39 is 0 Å². The van der Waals surface area contributed by atoms with E-state index in [0.717, 1.165) is 44.0 Å². The number of rotatable bonds is 8. The van der Waals surface area contributed by atoms with E-state index in [4.69, 9.17) is 0 Å². The van der Waals surface area contributed by atoms with Crippen LogP contribution in [0, 0.1) is 0 Å². The van der Waals surface area contributed by atoms with Crippen LogP contribution in [0.5, 0.6) is 0 Å². The molecule has 1 rings (SSSR count). The number of nitrogens with one attached hydrogen (secondary N) is 1. The van der Waals surface area contributed by atoms with Gasteiger partial charge in [-0.3, -0.25) is 0 Å². The van der Waals surface area contributed by atoms with Gasteiger partial charge in [0.05, 0.1) is 0 Å². The van der Waals surface area contributed by atoms with Crippen molar-refractivity contribution in [2.24, 2.45) is 0 Å². The molecular formula is C15H25N3. The lowest BCUT2D eigenvalue weighted by Crippen LogP contribution is -2.25. The highest BCUT2D eigenvalue weighted by Crippen LogP contribution is 2.13. The molecule has 1 aromatic heterocycles. The molecule has 0 fully saturated rings. The second kappa shape index (κ2) is 7.88. The number of hydrogen-bond donors (Lipinski definition) is 1. The van der Waals surface area contributed by atoms with E-state index in [1.807, 2.05) is 6.20 Å². The zero-order chi connectivity index (χ0) is 13.4. The third-order valence-corrected chi connectivity index (χ3v) is 2.73. The van der Waals surface area contributed by atoms with Crippen LogP contribution < -0.4 is 10.2 Å². The molecule has 0 radical (unpaired) electrons. The zero-order valence-electron chi connectivity index (χ0n) is 11.9. The highest BCUT2D eigenvalue weighted by molar-refractivity contribution is 5.42. The van der Waals surface area contributed by atoms with Gasteiger partial charge in [-0.25, -0.2) is 4.98 Å². The van der Waals surface area contributed by atoms with Crippen LogP contribution in [-0.4, -0.2) is 24.6 Å². The standard InChI is InChI=1S/C15H25N3/c1-5-8-16-11-14-7-9-17-15(10-14)18(6-2)12-13(3)4/h7,9-10,16H,3,5-6,8,11-12H2,1-2,4H3. The van der Waals surface area contributed by atoms with Crippen molar-refractivity contribution in [3.8, 4) is 0 Å². The van der Waals surface area contributed by atoms with Gasteiger partial charge in [0.25, 0.3) is 0 Å². The van der Waals surface area contributed by atoms with Gasteiger partial charge in [0, 0.05) is 25.8 Å². The Morgan fingerprint density at radius 1 is 1.44 bits per heavy atom. The third-order valence-electron chi connectivity index (χ3n) is 2.73. The third kappa shape index (κ3) is 4.88. The van der Waals surface area contributed by atoms with Crippen molar-refractivity contribution in [2.45, 2.75) is 33.7 Å². The van der Waals surface area contributed by atoms with E-state index in [1.165, 1.54) is 5.56 Å². The minimum absolute atomic E-state index is 0.870. The molecule has 3 heteroatoms. The topological polar surface area (TPSA) is 28.2 Å². The molecule has 0 aliphatic heterocycles. The van der Waals surface area contributed by atoms with Crippen LogP contribution in [0.25, 0.3) is 0 Å². The monoisotopic (exact) mass is 247 g/mol. The number of likely N-dealkylation sites (N-methyl/N-ethyl adjacent to an activating group) is 1. The molecule has 0 saturated heterocycles. The number of nitrogens with zero attached hydrogens (tertiary/aromatic N) is 2. The molecule has 0 bridgehead atoms. The normalized spacial score (nSPS) is 10.4. The molecule has 18 heavy (non-hydrogen) atoms. The number of anilines is 1. The summed E-state index contributed by atoms with van der Waals surface area (Å²) in [6.45, 7) is 14.1. The lowest BCUT2D eigenvalue weighted by molar-refractivity contribution is 0.674. The van der Waals surface area contributed by atoms with Crippen LogP contribution in [-0.2, 0) is 6.54 Å². The second-order valence-electron chi connectivity index (χ2n) is 4.67. The molecule has 3 nitrogen and oxygen atoms in total. The average molecular weight is 247 g/mol. The quantitative estimate of drug-likeness (QED) is 0.565. The van der Waals surface area contributed by atoms with Crippen molar-refractivity contribution in [3.05, 3.63) is 36.0 Å². The van der Waals surface area contributed by atoms with E-state index >= 15 is 0 Å². The Morgan fingerprint density at radius 2 is 2.22 bits per heavy atom. The van der Waals surface area contributed by atoms with Gasteiger partial charge in [-0.05, 0) is 44.5 Å². The first kappa shape index (κ1) is 14.7. The Labute approximate surface area is 111 Å². The number of aromatic nitrogens is 1. The molecule has 100 valence electrons. The van der Waals surface area contributed by atoms with Crippen LogP contribution in [0.4, 0.5) is 5.82 Å². The van der Waals surface area contributed by atoms with Gasteiger partial charge in [-0.15, -0.1) is 0 Å². The Hall–Kier alpha value is -1.35. The van der Waals surface area contributed by atoms with E-state index in [9.17, 15) is 0 Å². The minimum Gasteiger partial charge on any atom is -0.353 e. The van der Waals surface area contributed by atoms with Gasteiger partial charge in [0.15, 0.2) is 0 Å². The summed E-state index contributed by atoms with van der Waals surface area (Å²) in [5.74, 6) is 1.04. The largest absolute Gasteiger partial charge is 0.353 e. The lowest BCUT2D eigenvalue weighted by atomic mass is 10.2. The van der Waals surface area contributed by atoms with Crippen molar-refractivity contribution < 1.29 is 0 Å². The highest BCUT2D eigenvalue weighted by Gasteiger charge is 2.06. The molecular weight excluding hydrogens is 222 g/mol. The maximum atomic E-state index is 4.45. The van der Waals surface area contributed by atoms with Crippen LogP contribution >= 0.6 is 0 Å². The van der Waals surface area contributed by atoms with Crippen molar-refractivity contribution in [3.63, 3.8) is 0 Å². The lowest BCUT2D eigenvalue weighted by Gasteiger charge is -2.22. The Kier molecular flexibility index (Phi) is 6.44. The summed E-state index contributed by atoms with van der Waals surface area (Å²) in [6.07, 6.45) is 3.05. The van der Waals surface area contributed by atoms with Crippen LogP contribution in [0.3, 0.4) is 0 Å². The molecule has 1 heterocycles. The summed E-state index contributed by atoms with van der Waals surface area (Å²) in [5, 5.41) is 3.41. The highest BCUT2D eigenvalue weighted by atomic mass is 15.2. The Balaban J connectivity index is 2.69.